The Labute approximate surface area is 140 Å². The number of rotatable bonds is 1. The molecule has 0 radical (unpaired) electrons. The molecule has 1 aromatic heterocycles. The van der Waals surface area contributed by atoms with Crippen molar-refractivity contribution in [3.8, 4) is 11.4 Å². The second kappa shape index (κ2) is 5.24. The number of aromatic nitrogens is 3. The summed E-state index contributed by atoms with van der Waals surface area (Å²) in [6.45, 7) is 10.2. The first-order chi connectivity index (χ1) is 10.7. The topological polar surface area (TPSA) is 50.9 Å². The average molecular weight is 330 g/mol. The highest BCUT2D eigenvalue weighted by Crippen LogP contribution is 2.38. The van der Waals surface area contributed by atoms with Crippen LogP contribution in [0.3, 0.4) is 0 Å². The summed E-state index contributed by atoms with van der Waals surface area (Å²) < 4.78 is 0. The van der Waals surface area contributed by atoms with Gasteiger partial charge in [0.1, 0.15) is 22.5 Å². The molecule has 0 aliphatic carbocycles. The number of phenolic OH excluding ortho intramolecular Hbond substituents is 1. The standard InChI is InChI=1S/C18H20ClN3O/c1-10-8-13(18(3,4)5)17(23)16(11(10)2)22-20-14-7-6-12(19)9-15(14)21-22/h6-9,23H,1-5H3. The summed E-state index contributed by atoms with van der Waals surface area (Å²) >= 11 is 6.02. The van der Waals surface area contributed by atoms with Gasteiger partial charge in [0, 0.05) is 10.6 Å². The number of hydrogen-bond acceptors (Lipinski definition) is 3. The van der Waals surface area contributed by atoms with Gasteiger partial charge >= 0.3 is 0 Å². The SMILES string of the molecule is Cc1cc(C(C)(C)C)c(O)c(-n2nc3ccc(Cl)cc3n2)c1C. The van der Waals surface area contributed by atoms with Crippen LogP contribution < -0.4 is 0 Å². The molecule has 0 spiro atoms. The van der Waals surface area contributed by atoms with Gasteiger partial charge in [0.15, 0.2) is 0 Å². The quantitative estimate of drug-likeness (QED) is 0.704. The number of nitrogens with zero attached hydrogens (tertiary/aromatic N) is 3. The Kier molecular flexibility index (Phi) is 3.60. The zero-order valence-corrected chi connectivity index (χ0v) is 14.7. The van der Waals surface area contributed by atoms with Gasteiger partial charge in [0.2, 0.25) is 0 Å². The Morgan fingerprint density at radius 3 is 2.35 bits per heavy atom. The van der Waals surface area contributed by atoms with Crippen molar-refractivity contribution in [1.29, 1.82) is 0 Å². The molecule has 0 fully saturated rings. The Balaban J connectivity index is 2.31. The van der Waals surface area contributed by atoms with Crippen LogP contribution in [0, 0.1) is 13.8 Å². The van der Waals surface area contributed by atoms with Crippen molar-refractivity contribution in [2.45, 2.75) is 40.0 Å². The van der Waals surface area contributed by atoms with E-state index in [1.807, 2.05) is 26.0 Å². The van der Waals surface area contributed by atoms with Crippen LogP contribution in [0.5, 0.6) is 5.75 Å². The lowest BCUT2D eigenvalue weighted by Gasteiger charge is -2.24. The molecule has 5 heteroatoms. The van der Waals surface area contributed by atoms with Crippen molar-refractivity contribution in [1.82, 2.24) is 15.0 Å². The van der Waals surface area contributed by atoms with Gasteiger partial charge in [-0.15, -0.1) is 15.0 Å². The van der Waals surface area contributed by atoms with E-state index >= 15 is 0 Å². The molecule has 0 aliphatic rings. The summed E-state index contributed by atoms with van der Waals surface area (Å²) in [5, 5.41) is 20.4. The van der Waals surface area contributed by atoms with Crippen LogP contribution >= 0.6 is 11.6 Å². The number of aromatic hydroxyl groups is 1. The van der Waals surface area contributed by atoms with Gasteiger partial charge in [0.25, 0.3) is 0 Å². The van der Waals surface area contributed by atoms with E-state index in [0.29, 0.717) is 16.2 Å². The zero-order valence-electron chi connectivity index (χ0n) is 14.0. The molecule has 0 saturated heterocycles. The second-order valence-corrected chi connectivity index (χ2v) is 7.37. The molecule has 1 heterocycles. The lowest BCUT2D eigenvalue weighted by atomic mass is 9.84. The summed E-state index contributed by atoms with van der Waals surface area (Å²) in [6.07, 6.45) is 0. The minimum atomic E-state index is -0.173. The monoisotopic (exact) mass is 329 g/mol. The molecular formula is C18H20ClN3O. The summed E-state index contributed by atoms with van der Waals surface area (Å²) in [5.41, 5.74) is 4.84. The lowest BCUT2D eigenvalue weighted by Crippen LogP contribution is -2.14. The third-order valence-corrected chi connectivity index (χ3v) is 4.37. The van der Waals surface area contributed by atoms with Gasteiger partial charge in [-0.1, -0.05) is 38.4 Å². The minimum Gasteiger partial charge on any atom is -0.505 e. The largest absolute Gasteiger partial charge is 0.505 e. The summed E-state index contributed by atoms with van der Waals surface area (Å²) in [7, 11) is 0. The maximum atomic E-state index is 10.8. The van der Waals surface area contributed by atoms with Crippen molar-refractivity contribution >= 4 is 22.6 Å². The Hall–Kier alpha value is -2.07. The molecule has 0 atom stereocenters. The number of aryl methyl sites for hydroxylation is 1. The Morgan fingerprint density at radius 1 is 1.04 bits per heavy atom. The van der Waals surface area contributed by atoms with Crippen molar-refractivity contribution in [2.24, 2.45) is 0 Å². The van der Waals surface area contributed by atoms with E-state index in [1.54, 1.807) is 12.1 Å². The first-order valence-corrected chi connectivity index (χ1v) is 7.93. The highest BCUT2D eigenvalue weighted by atomic mass is 35.5. The van der Waals surface area contributed by atoms with E-state index in [9.17, 15) is 5.11 Å². The van der Waals surface area contributed by atoms with Gasteiger partial charge in [-0.2, -0.15) is 0 Å². The molecule has 0 saturated carbocycles. The molecule has 0 bridgehead atoms. The molecule has 4 nitrogen and oxygen atoms in total. The number of phenols is 1. The van der Waals surface area contributed by atoms with Gasteiger partial charge < -0.3 is 5.11 Å². The Morgan fingerprint density at radius 2 is 1.70 bits per heavy atom. The summed E-state index contributed by atoms with van der Waals surface area (Å²) in [6, 6.07) is 7.42. The minimum absolute atomic E-state index is 0.173. The fraction of sp³-hybridized carbons (Fsp3) is 0.333. The van der Waals surface area contributed by atoms with Crippen LogP contribution in [0.25, 0.3) is 16.7 Å². The van der Waals surface area contributed by atoms with Gasteiger partial charge in [-0.3, -0.25) is 0 Å². The second-order valence-electron chi connectivity index (χ2n) is 6.94. The number of halogens is 1. The number of benzene rings is 2. The molecule has 1 N–H and O–H groups in total. The molecule has 0 amide bonds. The molecule has 3 rings (SSSR count). The van der Waals surface area contributed by atoms with Crippen LogP contribution in [0.15, 0.2) is 24.3 Å². The van der Waals surface area contributed by atoms with E-state index in [-0.39, 0.29) is 11.2 Å². The third-order valence-electron chi connectivity index (χ3n) is 4.14. The lowest BCUT2D eigenvalue weighted by molar-refractivity contribution is 0.439. The molecular weight excluding hydrogens is 310 g/mol. The van der Waals surface area contributed by atoms with E-state index in [4.69, 9.17) is 11.6 Å². The van der Waals surface area contributed by atoms with E-state index in [0.717, 1.165) is 22.2 Å². The predicted molar refractivity (Wildman–Crippen MR) is 93.7 cm³/mol. The van der Waals surface area contributed by atoms with Crippen LogP contribution in [-0.2, 0) is 5.41 Å². The Bertz CT molecular complexity index is 907. The van der Waals surface area contributed by atoms with Gasteiger partial charge in [-0.05, 0) is 48.6 Å². The first-order valence-electron chi connectivity index (χ1n) is 7.55. The summed E-state index contributed by atoms with van der Waals surface area (Å²) in [5.74, 6) is 0.229. The van der Waals surface area contributed by atoms with Crippen LogP contribution in [0.2, 0.25) is 5.02 Å². The van der Waals surface area contributed by atoms with Crippen molar-refractivity contribution < 1.29 is 5.11 Å². The van der Waals surface area contributed by atoms with Crippen LogP contribution in [0.4, 0.5) is 0 Å². The van der Waals surface area contributed by atoms with Gasteiger partial charge in [-0.25, -0.2) is 0 Å². The summed E-state index contributed by atoms with van der Waals surface area (Å²) in [4.78, 5) is 1.51. The molecule has 120 valence electrons. The zero-order chi connectivity index (χ0) is 16.9. The van der Waals surface area contributed by atoms with Crippen molar-refractivity contribution in [3.05, 3.63) is 46.0 Å². The van der Waals surface area contributed by atoms with E-state index < -0.39 is 0 Å². The van der Waals surface area contributed by atoms with Gasteiger partial charge in [0.05, 0.1) is 0 Å². The molecule has 23 heavy (non-hydrogen) atoms. The normalized spacial score (nSPS) is 12.1. The van der Waals surface area contributed by atoms with E-state index in [1.165, 1.54) is 4.80 Å². The van der Waals surface area contributed by atoms with Crippen LogP contribution in [0.1, 0.15) is 37.5 Å². The smallest absolute Gasteiger partial charge is 0.147 e. The average Bonchev–Trinajstić information content (AvgIpc) is 2.84. The molecule has 0 aliphatic heterocycles. The van der Waals surface area contributed by atoms with E-state index in [2.05, 4.69) is 31.0 Å². The van der Waals surface area contributed by atoms with Crippen LogP contribution in [-0.4, -0.2) is 20.1 Å². The molecule has 3 aromatic rings. The highest BCUT2D eigenvalue weighted by molar-refractivity contribution is 6.31. The fourth-order valence-corrected chi connectivity index (χ4v) is 2.86. The van der Waals surface area contributed by atoms with Crippen molar-refractivity contribution in [3.63, 3.8) is 0 Å². The highest BCUT2D eigenvalue weighted by Gasteiger charge is 2.24. The predicted octanol–water partition coefficient (Wildman–Crippen LogP) is 4.69. The molecule has 0 unspecified atom stereocenters. The molecule has 2 aromatic carbocycles. The number of fused-ring (bicyclic) bond motifs is 1. The fourth-order valence-electron chi connectivity index (χ4n) is 2.69. The third kappa shape index (κ3) is 2.68. The number of hydrogen-bond donors (Lipinski definition) is 1. The maximum absolute atomic E-state index is 10.8. The van der Waals surface area contributed by atoms with Crippen molar-refractivity contribution in [2.75, 3.05) is 0 Å². The first kappa shape index (κ1) is 15.8. The maximum Gasteiger partial charge on any atom is 0.147 e.